The fourth-order valence-corrected chi connectivity index (χ4v) is 2.55. The van der Waals surface area contributed by atoms with Crippen LogP contribution in [0, 0.1) is 0 Å². The molecular formula is C8H9BrOS. The summed E-state index contributed by atoms with van der Waals surface area (Å²) in [6.45, 7) is 2.13. The van der Waals surface area contributed by atoms with Crippen molar-refractivity contribution in [2.45, 2.75) is 19.8 Å². The molecule has 0 aromatic carbocycles. The lowest BCUT2D eigenvalue weighted by atomic mass is 10.2. The topological polar surface area (TPSA) is 17.1 Å². The summed E-state index contributed by atoms with van der Waals surface area (Å²) in [4.78, 5) is 11.2. The van der Waals surface area contributed by atoms with Crippen LogP contribution in [-0.2, 0) is 6.42 Å². The summed E-state index contributed by atoms with van der Waals surface area (Å²) >= 11 is 4.92. The molecule has 0 saturated carbocycles. The smallest absolute Gasteiger partial charge is 0.160 e. The van der Waals surface area contributed by atoms with E-state index in [0.29, 0.717) is 0 Å². The van der Waals surface area contributed by atoms with Gasteiger partial charge in [-0.25, -0.2) is 0 Å². The molecule has 0 bridgehead atoms. The van der Waals surface area contributed by atoms with Crippen LogP contribution in [0.25, 0.3) is 0 Å². The molecule has 0 N–H and O–H groups in total. The van der Waals surface area contributed by atoms with Crippen LogP contribution in [0.2, 0.25) is 0 Å². The summed E-state index contributed by atoms with van der Waals surface area (Å²) in [5.74, 6) is 0. The number of aryl methyl sites for hydroxylation is 1. The summed E-state index contributed by atoms with van der Waals surface area (Å²) in [5.41, 5.74) is 1.25. The molecule has 0 atom stereocenters. The van der Waals surface area contributed by atoms with E-state index in [2.05, 4.69) is 22.9 Å². The molecule has 0 radical (unpaired) electrons. The lowest BCUT2D eigenvalue weighted by Crippen LogP contribution is -1.78. The lowest BCUT2D eigenvalue weighted by Gasteiger charge is -1.91. The molecule has 0 aliphatic heterocycles. The van der Waals surface area contributed by atoms with Crippen LogP contribution in [0.4, 0.5) is 0 Å². The fraction of sp³-hybridized carbons (Fsp3) is 0.375. The zero-order valence-corrected chi connectivity index (χ0v) is 8.67. The number of carbonyl (C=O) groups is 1. The van der Waals surface area contributed by atoms with Gasteiger partial charge in [-0.1, -0.05) is 13.3 Å². The highest BCUT2D eigenvalue weighted by Crippen LogP contribution is 2.27. The maximum Gasteiger partial charge on any atom is 0.160 e. The molecule has 11 heavy (non-hydrogen) atoms. The van der Waals surface area contributed by atoms with Gasteiger partial charge >= 0.3 is 0 Å². The Kier molecular flexibility index (Phi) is 3.27. The molecule has 0 aliphatic rings. The minimum Gasteiger partial charge on any atom is -0.297 e. The molecule has 1 aromatic heterocycles. The van der Waals surface area contributed by atoms with E-state index in [-0.39, 0.29) is 0 Å². The molecule has 0 aliphatic carbocycles. The van der Waals surface area contributed by atoms with E-state index >= 15 is 0 Å². The number of carbonyl (C=O) groups excluding carboxylic acids is 1. The van der Waals surface area contributed by atoms with Crippen molar-refractivity contribution in [2.24, 2.45) is 0 Å². The first kappa shape index (κ1) is 8.94. The minimum absolute atomic E-state index is 0.806. The molecule has 1 aromatic rings. The Morgan fingerprint density at radius 1 is 1.73 bits per heavy atom. The highest BCUT2D eigenvalue weighted by molar-refractivity contribution is 9.11. The predicted octanol–water partition coefficient (Wildman–Crippen LogP) is 3.28. The summed E-state index contributed by atoms with van der Waals surface area (Å²) < 4.78 is 1.10. The monoisotopic (exact) mass is 232 g/mol. The standard InChI is InChI=1S/C8H9BrOS/c1-2-3-6-4-7(5-10)11-8(6)9/h4-5H,2-3H2,1H3. The number of hydrogen-bond acceptors (Lipinski definition) is 2. The van der Waals surface area contributed by atoms with E-state index in [4.69, 9.17) is 0 Å². The van der Waals surface area contributed by atoms with E-state index in [0.717, 1.165) is 27.8 Å². The molecule has 60 valence electrons. The van der Waals surface area contributed by atoms with Gasteiger partial charge in [0.25, 0.3) is 0 Å². The van der Waals surface area contributed by atoms with Crippen molar-refractivity contribution in [1.82, 2.24) is 0 Å². The maximum atomic E-state index is 10.4. The van der Waals surface area contributed by atoms with Gasteiger partial charge < -0.3 is 0 Å². The van der Waals surface area contributed by atoms with Gasteiger partial charge in [-0.3, -0.25) is 4.79 Å². The molecule has 1 heterocycles. The van der Waals surface area contributed by atoms with E-state index < -0.39 is 0 Å². The van der Waals surface area contributed by atoms with Gasteiger partial charge in [0.15, 0.2) is 6.29 Å². The summed E-state index contributed by atoms with van der Waals surface area (Å²) in [7, 11) is 0. The summed E-state index contributed by atoms with van der Waals surface area (Å²) in [6.07, 6.45) is 3.06. The van der Waals surface area contributed by atoms with Crippen LogP contribution >= 0.6 is 27.3 Å². The molecule has 3 heteroatoms. The number of hydrogen-bond donors (Lipinski definition) is 0. The van der Waals surface area contributed by atoms with Crippen molar-refractivity contribution < 1.29 is 4.79 Å². The van der Waals surface area contributed by atoms with Crippen LogP contribution < -0.4 is 0 Å². The second-order valence-electron chi connectivity index (χ2n) is 2.32. The highest BCUT2D eigenvalue weighted by atomic mass is 79.9. The largest absolute Gasteiger partial charge is 0.297 e. The van der Waals surface area contributed by atoms with Gasteiger partial charge in [0.1, 0.15) is 0 Å². The number of thiophene rings is 1. The third kappa shape index (κ3) is 2.14. The highest BCUT2D eigenvalue weighted by Gasteiger charge is 2.03. The Labute approximate surface area is 78.6 Å². The van der Waals surface area contributed by atoms with Gasteiger partial charge in [0, 0.05) is 0 Å². The Balaban J connectivity index is 2.87. The van der Waals surface area contributed by atoms with Gasteiger partial charge in [0.05, 0.1) is 8.66 Å². The Hall–Kier alpha value is -0.150. The van der Waals surface area contributed by atoms with Crippen molar-refractivity contribution in [2.75, 3.05) is 0 Å². The quantitative estimate of drug-likeness (QED) is 0.732. The van der Waals surface area contributed by atoms with Crippen molar-refractivity contribution in [3.8, 4) is 0 Å². The molecular weight excluding hydrogens is 224 g/mol. The van der Waals surface area contributed by atoms with Gasteiger partial charge in [-0.15, -0.1) is 11.3 Å². The first-order valence-electron chi connectivity index (χ1n) is 3.51. The zero-order chi connectivity index (χ0) is 8.27. The Morgan fingerprint density at radius 2 is 2.45 bits per heavy atom. The van der Waals surface area contributed by atoms with Crippen molar-refractivity contribution >= 4 is 33.6 Å². The van der Waals surface area contributed by atoms with Crippen LogP contribution in [0.1, 0.15) is 28.6 Å². The van der Waals surface area contributed by atoms with Crippen LogP contribution in [-0.4, -0.2) is 6.29 Å². The van der Waals surface area contributed by atoms with Crippen molar-refractivity contribution in [1.29, 1.82) is 0 Å². The molecule has 0 amide bonds. The Morgan fingerprint density at radius 3 is 2.91 bits per heavy atom. The second-order valence-corrected chi connectivity index (χ2v) is 4.72. The van der Waals surface area contributed by atoms with Gasteiger partial charge in [0.2, 0.25) is 0 Å². The first-order valence-corrected chi connectivity index (χ1v) is 5.12. The number of aldehydes is 1. The van der Waals surface area contributed by atoms with Gasteiger partial charge in [-0.05, 0) is 34.0 Å². The summed E-state index contributed by atoms with van der Waals surface area (Å²) in [6, 6.07) is 1.95. The molecule has 1 nitrogen and oxygen atoms in total. The minimum atomic E-state index is 0.806. The van der Waals surface area contributed by atoms with E-state index in [1.165, 1.54) is 16.9 Å². The van der Waals surface area contributed by atoms with Crippen LogP contribution in [0.15, 0.2) is 9.85 Å². The van der Waals surface area contributed by atoms with Crippen molar-refractivity contribution in [3.05, 3.63) is 20.3 Å². The zero-order valence-electron chi connectivity index (χ0n) is 6.26. The third-order valence-electron chi connectivity index (χ3n) is 1.41. The normalized spacial score (nSPS) is 10.0. The van der Waals surface area contributed by atoms with Gasteiger partial charge in [-0.2, -0.15) is 0 Å². The third-order valence-corrected chi connectivity index (χ3v) is 3.30. The van der Waals surface area contributed by atoms with E-state index in [9.17, 15) is 4.79 Å². The average molecular weight is 233 g/mol. The lowest BCUT2D eigenvalue weighted by molar-refractivity contribution is 0.112. The van der Waals surface area contributed by atoms with Crippen molar-refractivity contribution in [3.63, 3.8) is 0 Å². The van der Waals surface area contributed by atoms with Crippen LogP contribution in [0.5, 0.6) is 0 Å². The fourth-order valence-electron chi connectivity index (χ4n) is 0.925. The number of rotatable bonds is 3. The van der Waals surface area contributed by atoms with E-state index in [1.54, 1.807) is 0 Å². The molecule has 1 rings (SSSR count). The predicted molar refractivity (Wildman–Crippen MR) is 51.4 cm³/mol. The van der Waals surface area contributed by atoms with Crippen LogP contribution in [0.3, 0.4) is 0 Å². The first-order chi connectivity index (χ1) is 5.27. The molecule has 0 unspecified atom stereocenters. The molecule has 0 spiro atoms. The Bertz CT molecular complexity index is 255. The maximum absolute atomic E-state index is 10.4. The SMILES string of the molecule is CCCc1cc(C=O)sc1Br. The summed E-state index contributed by atoms with van der Waals surface area (Å²) in [5, 5.41) is 0. The second kappa shape index (κ2) is 4.02. The van der Waals surface area contributed by atoms with E-state index in [1.807, 2.05) is 6.07 Å². The average Bonchev–Trinajstić information content (AvgIpc) is 2.33. The number of halogens is 1. The molecule has 0 saturated heterocycles. The molecule has 0 fully saturated rings.